The Morgan fingerprint density at radius 3 is 2.27 bits per heavy atom. The van der Waals surface area contributed by atoms with Gasteiger partial charge in [0.2, 0.25) is 5.91 Å². The summed E-state index contributed by atoms with van der Waals surface area (Å²) >= 11 is 0. The second-order valence-electron chi connectivity index (χ2n) is 6.22. The van der Waals surface area contributed by atoms with Gasteiger partial charge >= 0.3 is 0 Å². The fourth-order valence-electron chi connectivity index (χ4n) is 3.05. The van der Waals surface area contributed by atoms with Gasteiger partial charge in [-0.1, -0.05) is 26.2 Å². The van der Waals surface area contributed by atoms with Crippen molar-refractivity contribution < 1.29 is 14.3 Å². The molecular formula is C17H34N2O3. The first kappa shape index (κ1) is 19.4. The zero-order valence-electron chi connectivity index (χ0n) is 14.6. The van der Waals surface area contributed by atoms with Crippen LogP contribution in [0.4, 0.5) is 0 Å². The van der Waals surface area contributed by atoms with Gasteiger partial charge in [0.15, 0.2) is 6.29 Å². The number of nitrogens with two attached hydrogens (primary N) is 1. The van der Waals surface area contributed by atoms with Gasteiger partial charge in [0, 0.05) is 32.2 Å². The molecular weight excluding hydrogens is 280 g/mol. The van der Waals surface area contributed by atoms with Gasteiger partial charge in [0.25, 0.3) is 0 Å². The van der Waals surface area contributed by atoms with Crippen molar-refractivity contribution in [1.82, 2.24) is 4.90 Å². The molecule has 1 fully saturated rings. The normalized spacial score (nSPS) is 17.7. The highest BCUT2D eigenvalue weighted by Crippen LogP contribution is 2.25. The number of amides is 1. The van der Waals surface area contributed by atoms with Crippen LogP contribution in [0.15, 0.2) is 0 Å². The van der Waals surface area contributed by atoms with Crippen LogP contribution in [0.25, 0.3) is 0 Å². The Morgan fingerprint density at radius 2 is 1.77 bits per heavy atom. The Kier molecular flexibility index (Phi) is 9.68. The molecule has 1 aliphatic carbocycles. The van der Waals surface area contributed by atoms with Crippen LogP contribution in [0.2, 0.25) is 0 Å². The summed E-state index contributed by atoms with van der Waals surface area (Å²) in [5.74, 6) is 0.580. The number of nitrogens with zero attached hydrogens (tertiary/aromatic N) is 1. The van der Waals surface area contributed by atoms with E-state index in [9.17, 15) is 4.79 Å². The van der Waals surface area contributed by atoms with E-state index in [4.69, 9.17) is 15.2 Å². The molecule has 0 aromatic carbocycles. The number of rotatable bonds is 10. The van der Waals surface area contributed by atoms with Crippen LogP contribution >= 0.6 is 0 Å². The quantitative estimate of drug-likeness (QED) is 0.629. The number of hydrogen-bond acceptors (Lipinski definition) is 4. The third-order valence-electron chi connectivity index (χ3n) is 4.36. The molecule has 0 aromatic heterocycles. The van der Waals surface area contributed by atoms with Gasteiger partial charge in [-0.3, -0.25) is 4.79 Å². The van der Waals surface area contributed by atoms with Crippen LogP contribution < -0.4 is 5.73 Å². The Hall–Kier alpha value is -0.650. The number of ether oxygens (including phenoxy) is 2. The number of carbonyl (C=O) groups is 1. The summed E-state index contributed by atoms with van der Waals surface area (Å²) in [6, 6.07) is 0. The minimum atomic E-state index is -0.340. The summed E-state index contributed by atoms with van der Waals surface area (Å²) in [6.07, 6.45) is 5.97. The van der Waals surface area contributed by atoms with Crippen molar-refractivity contribution in [2.24, 2.45) is 17.6 Å². The van der Waals surface area contributed by atoms with Crippen molar-refractivity contribution in [1.29, 1.82) is 0 Å². The van der Waals surface area contributed by atoms with Gasteiger partial charge in [-0.2, -0.15) is 0 Å². The van der Waals surface area contributed by atoms with Crippen LogP contribution in [0.1, 0.15) is 52.9 Å². The van der Waals surface area contributed by atoms with Gasteiger partial charge in [0.05, 0.1) is 6.54 Å². The minimum Gasteiger partial charge on any atom is -0.351 e. The molecule has 0 unspecified atom stereocenters. The van der Waals surface area contributed by atoms with E-state index in [2.05, 4.69) is 0 Å². The Labute approximate surface area is 135 Å². The number of hydrogen-bond donors (Lipinski definition) is 1. The third kappa shape index (κ3) is 6.63. The standard InChI is InChI=1S/C17H34N2O3/c1-4-21-16(22-5-2)13-19(17(20)14(3)11-18)12-15-9-7-6-8-10-15/h14-16H,4-13,18H2,1-3H3/t14-/m1/s1. The van der Waals surface area contributed by atoms with Crippen molar-refractivity contribution in [3.63, 3.8) is 0 Å². The highest BCUT2D eigenvalue weighted by Gasteiger charge is 2.26. The molecule has 0 aromatic rings. The monoisotopic (exact) mass is 314 g/mol. The van der Waals surface area contributed by atoms with Gasteiger partial charge < -0.3 is 20.1 Å². The SMILES string of the molecule is CCOC(CN(CC1CCCCC1)C(=O)[C@H](C)CN)OCC. The second-order valence-corrected chi connectivity index (χ2v) is 6.22. The first-order valence-electron chi connectivity index (χ1n) is 8.84. The molecule has 5 nitrogen and oxygen atoms in total. The lowest BCUT2D eigenvalue weighted by molar-refractivity contribution is -0.161. The molecule has 1 saturated carbocycles. The predicted molar refractivity (Wildman–Crippen MR) is 88.4 cm³/mol. The maximum absolute atomic E-state index is 12.6. The molecule has 0 spiro atoms. The third-order valence-corrected chi connectivity index (χ3v) is 4.36. The van der Waals surface area contributed by atoms with Crippen molar-refractivity contribution in [2.45, 2.75) is 59.2 Å². The molecule has 130 valence electrons. The zero-order valence-corrected chi connectivity index (χ0v) is 14.6. The van der Waals surface area contributed by atoms with Crippen molar-refractivity contribution in [2.75, 3.05) is 32.8 Å². The highest BCUT2D eigenvalue weighted by molar-refractivity contribution is 5.78. The molecule has 1 rings (SSSR count). The van der Waals surface area contributed by atoms with E-state index < -0.39 is 0 Å². The van der Waals surface area contributed by atoms with Crippen molar-refractivity contribution >= 4 is 5.91 Å². The summed E-state index contributed by atoms with van der Waals surface area (Å²) in [6.45, 7) is 8.65. The zero-order chi connectivity index (χ0) is 16.4. The largest absolute Gasteiger partial charge is 0.351 e. The Bertz CT molecular complexity index is 300. The van der Waals surface area contributed by atoms with E-state index in [0.717, 1.165) is 6.54 Å². The van der Waals surface area contributed by atoms with Gasteiger partial charge in [-0.15, -0.1) is 0 Å². The van der Waals surface area contributed by atoms with Crippen molar-refractivity contribution in [3.8, 4) is 0 Å². The average molecular weight is 314 g/mol. The summed E-state index contributed by atoms with van der Waals surface area (Å²) in [4.78, 5) is 14.5. The van der Waals surface area contributed by atoms with E-state index in [1.165, 1.54) is 32.1 Å². The predicted octanol–water partition coefficient (Wildman–Crippen LogP) is 2.39. The van der Waals surface area contributed by atoms with E-state index in [1.54, 1.807) is 0 Å². The molecule has 0 radical (unpaired) electrons. The minimum absolute atomic E-state index is 0.123. The van der Waals surface area contributed by atoms with Crippen molar-refractivity contribution in [3.05, 3.63) is 0 Å². The average Bonchev–Trinajstić information content (AvgIpc) is 2.54. The van der Waals surface area contributed by atoms with Gasteiger partial charge in [-0.05, 0) is 32.6 Å². The summed E-state index contributed by atoms with van der Waals surface area (Å²) in [5.41, 5.74) is 5.68. The smallest absolute Gasteiger partial charge is 0.226 e. The molecule has 22 heavy (non-hydrogen) atoms. The van der Waals surface area contributed by atoms with Crippen LogP contribution in [0.5, 0.6) is 0 Å². The summed E-state index contributed by atoms with van der Waals surface area (Å²) < 4.78 is 11.2. The van der Waals surface area contributed by atoms with Gasteiger partial charge in [0.1, 0.15) is 0 Å². The van der Waals surface area contributed by atoms with E-state index in [0.29, 0.717) is 32.2 Å². The Morgan fingerprint density at radius 1 is 1.18 bits per heavy atom. The highest BCUT2D eigenvalue weighted by atomic mass is 16.7. The van der Waals surface area contributed by atoms with Crippen LogP contribution in [-0.2, 0) is 14.3 Å². The molecule has 5 heteroatoms. The molecule has 0 heterocycles. The lowest BCUT2D eigenvalue weighted by Crippen LogP contribution is -2.46. The first-order valence-corrected chi connectivity index (χ1v) is 8.84. The fourth-order valence-corrected chi connectivity index (χ4v) is 3.05. The van der Waals surface area contributed by atoms with E-state index >= 15 is 0 Å². The lowest BCUT2D eigenvalue weighted by atomic mass is 9.88. The van der Waals surface area contributed by atoms with Gasteiger partial charge in [-0.25, -0.2) is 0 Å². The van der Waals surface area contributed by atoms with Crippen LogP contribution in [0, 0.1) is 11.8 Å². The molecule has 1 atom stereocenters. The summed E-state index contributed by atoms with van der Waals surface area (Å²) in [5, 5.41) is 0. The Balaban J connectivity index is 2.68. The second kappa shape index (κ2) is 11.0. The topological polar surface area (TPSA) is 64.8 Å². The maximum atomic E-state index is 12.6. The van der Waals surface area contributed by atoms with E-state index in [-0.39, 0.29) is 18.1 Å². The molecule has 0 aliphatic heterocycles. The maximum Gasteiger partial charge on any atom is 0.226 e. The molecule has 0 bridgehead atoms. The lowest BCUT2D eigenvalue weighted by Gasteiger charge is -2.33. The molecule has 0 saturated heterocycles. The fraction of sp³-hybridized carbons (Fsp3) is 0.941. The molecule has 1 amide bonds. The molecule has 1 aliphatic rings. The van der Waals surface area contributed by atoms with Crippen LogP contribution in [0.3, 0.4) is 0 Å². The first-order chi connectivity index (χ1) is 10.6. The number of carbonyl (C=O) groups excluding carboxylic acids is 1. The van der Waals surface area contributed by atoms with Crippen LogP contribution in [-0.4, -0.2) is 49.9 Å². The summed E-state index contributed by atoms with van der Waals surface area (Å²) in [7, 11) is 0. The molecule has 2 N–H and O–H groups in total. The van der Waals surface area contributed by atoms with E-state index in [1.807, 2.05) is 25.7 Å².